The maximum absolute atomic E-state index is 12.6. The number of carbonyl (C=O) groups excluding carboxylic acids is 2. The van der Waals surface area contributed by atoms with Crippen LogP contribution >= 0.6 is 0 Å². The second kappa shape index (κ2) is 9.96. The summed E-state index contributed by atoms with van der Waals surface area (Å²) in [5.41, 5.74) is 3.86. The number of amides is 2. The van der Waals surface area contributed by atoms with Crippen molar-refractivity contribution < 1.29 is 14.3 Å². The standard InChI is InChI=1S/C27H28N2O3/c1-27(2,3)21-13-11-20(12-14-21)26(31)29-23-7-5-6-22(18-23)28-25(30)17-10-19-8-15-24(32-4)16-9-19/h5-18H,1-4H3,(H,28,30)(H,29,31)/b17-10+. The molecule has 0 radical (unpaired) electrons. The Balaban J connectivity index is 1.61. The lowest BCUT2D eigenvalue weighted by molar-refractivity contribution is -0.111. The maximum Gasteiger partial charge on any atom is 0.255 e. The van der Waals surface area contributed by atoms with Crippen molar-refractivity contribution in [2.24, 2.45) is 0 Å². The highest BCUT2D eigenvalue weighted by Gasteiger charge is 2.14. The third-order valence-electron chi connectivity index (χ3n) is 4.94. The molecular formula is C27H28N2O3. The summed E-state index contributed by atoms with van der Waals surface area (Å²) in [5, 5.41) is 5.69. The third kappa shape index (κ3) is 6.32. The molecule has 0 unspecified atom stereocenters. The van der Waals surface area contributed by atoms with Gasteiger partial charge in [0, 0.05) is 23.0 Å². The molecule has 0 fully saturated rings. The summed E-state index contributed by atoms with van der Waals surface area (Å²) in [7, 11) is 1.61. The molecule has 2 amide bonds. The van der Waals surface area contributed by atoms with Crippen molar-refractivity contribution in [1.29, 1.82) is 0 Å². The smallest absolute Gasteiger partial charge is 0.255 e. The monoisotopic (exact) mass is 428 g/mol. The fourth-order valence-electron chi connectivity index (χ4n) is 3.07. The van der Waals surface area contributed by atoms with Gasteiger partial charge in [-0.25, -0.2) is 0 Å². The van der Waals surface area contributed by atoms with E-state index in [0.29, 0.717) is 16.9 Å². The van der Waals surface area contributed by atoms with E-state index in [1.807, 2.05) is 48.5 Å². The minimum absolute atomic E-state index is 0.0311. The maximum atomic E-state index is 12.6. The lowest BCUT2D eigenvalue weighted by atomic mass is 9.87. The van der Waals surface area contributed by atoms with E-state index in [2.05, 4.69) is 31.4 Å². The molecule has 0 atom stereocenters. The number of rotatable bonds is 6. The van der Waals surface area contributed by atoms with Crippen LogP contribution in [-0.4, -0.2) is 18.9 Å². The number of benzene rings is 3. The number of anilines is 2. The van der Waals surface area contributed by atoms with Crippen LogP contribution in [0.3, 0.4) is 0 Å². The van der Waals surface area contributed by atoms with Crippen molar-refractivity contribution in [3.63, 3.8) is 0 Å². The number of hydrogen-bond donors (Lipinski definition) is 2. The lowest BCUT2D eigenvalue weighted by Gasteiger charge is -2.19. The summed E-state index contributed by atoms with van der Waals surface area (Å²) in [6, 6.07) is 22.1. The van der Waals surface area contributed by atoms with Crippen molar-refractivity contribution in [2.75, 3.05) is 17.7 Å². The Morgan fingerprint density at radius 3 is 2.06 bits per heavy atom. The summed E-state index contributed by atoms with van der Waals surface area (Å²) in [6.07, 6.45) is 3.19. The largest absolute Gasteiger partial charge is 0.497 e. The molecule has 0 heterocycles. The van der Waals surface area contributed by atoms with Crippen LogP contribution < -0.4 is 15.4 Å². The quantitative estimate of drug-likeness (QED) is 0.481. The topological polar surface area (TPSA) is 67.4 Å². The highest BCUT2D eigenvalue weighted by atomic mass is 16.5. The lowest BCUT2D eigenvalue weighted by Crippen LogP contribution is -2.14. The normalized spacial score (nSPS) is 11.2. The zero-order valence-corrected chi connectivity index (χ0v) is 18.8. The van der Waals surface area contributed by atoms with Gasteiger partial charge >= 0.3 is 0 Å². The van der Waals surface area contributed by atoms with Gasteiger partial charge in [-0.05, 0) is 65.1 Å². The SMILES string of the molecule is COc1ccc(/C=C/C(=O)Nc2cccc(NC(=O)c3ccc(C(C)(C)C)cc3)c2)cc1. The Morgan fingerprint density at radius 2 is 1.47 bits per heavy atom. The molecule has 0 saturated heterocycles. The number of hydrogen-bond acceptors (Lipinski definition) is 3. The molecule has 3 aromatic rings. The second-order valence-corrected chi connectivity index (χ2v) is 8.46. The molecule has 5 heteroatoms. The van der Waals surface area contributed by atoms with Gasteiger partial charge in [-0.1, -0.05) is 51.1 Å². The third-order valence-corrected chi connectivity index (χ3v) is 4.94. The Kier molecular flexibility index (Phi) is 7.11. The minimum Gasteiger partial charge on any atom is -0.497 e. The molecule has 0 aliphatic rings. The van der Waals surface area contributed by atoms with E-state index in [9.17, 15) is 9.59 Å². The molecule has 2 N–H and O–H groups in total. The van der Waals surface area contributed by atoms with E-state index in [-0.39, 0.29) is 17.2 Å². The highest BCUT2D eigenvalue weighted by molar-refractivity contribution is 6.05. The average Bonchev–Trinajstić information content (AvgIpc) is 2.78. The van der Waals surface area contributed by atoms with Crippen molar-refractivity contribution >= 4 is 29.3 Å². The van der Waals surface area contributed by atoms with E-state index in [4.69, 9.17) is 4.74 Å². The first-order valence-electron chi connectivity index (χ1n) is 10.4. The van der Waals surface area contributed by atoms with Gasteiger partial charge in [0.05, 0.1) is 7.11 Å². The average molecular weight is 429 g/mol. The molecule has 5 nitrogen and oxygen atoms in total. The first-order chi connectivity index (χ1) is 15.2. The molecule has 0 aliphatic carbocycles. The van der Waals surface area contributed by atoms with E-state index in [1.165, 1.54) is 11.6 Å². The van der Waals surface area contributed by atoms with Gasteiger partial charge in [-0.2, -0.15) is 0 Å². The predicted molar refractivity (Wildman–Crippen MR) is 130 cm³/mol. The molecule has 0 spiro atoms. The van der Waals surface area contributed by atoms with Gasteiger partial charge in [0.1, 0.15) is 5.75 Å². The fourth-order valence-corrected chi connectivity index (χ4v) is 3.07. The van der Waals surface area contributed by atoms with Crippen LogP contribution in [0, 0.1) is 0 Å². The minimum atomic E-state index is -0.262. The number of nitrogens with one attached hydrogen (secondary N) is 2. The van der Waals surface area contributed by atoms with Crippen LogP contribution in [0.5, 0.6) is 5.75 Å². The Morgan fingerprint density at radius 1 is 0.844 bits per heavy atom. The molecular weight excluding hydrogens is 400 g/mol. The van der Waals surface area contributed by atoms with Gasteiger partial charge < -0.3 is 15.4 Å². The van der Waals surface area contributed by atoms with Crippen molar-refractivity contribution in [2.45, 2.75) is 26.2 Å². The van der Waals surface area contributed by atoms with Gasteiger partial charge in [0.15, 0.2) is 0 Å². The molecule has 3 aromatic carbocycles. The number of methoxy groups -OCH3 is 1. The predicted octanol–water partition coefficient (Wildman–Crippen LogP) is 5.90. The van der Waals surface area contributed by atoms with E-state index < -0.39 is 0 Å². The molecule has 0 aromatic heterocycles. The molecule has 0 bridgehead atoms. The van der Waals surface area contributed by atoms with Crippen molar-refractivity contribution in [1.82, 2.24) is 0 Å². The Hall–Kier alpha value is -3.86. The summed E-state index contributed by atoms with van der Waals surface area (Å²) >= 11 is 0. The van der Waals surface area contributed by atoms with Crippen LogP contribution in [0.15, 0.2) is 78.9 Å². The zero-order valence-electron chi connectivity index (χ0n) is 18.8. The summed E-state index contributed by atoms with van der Waals surface area (Å²) in [6.45, 7) is 6.40. The number of carbonyl (C=O) groups is 2. The van der Waals surface area contributed by atoms with Gasteiger partial charge in [0.2, 0.25) is 5.91 Å². The molecule has 164 valence electrons. The van der Waals surface area contributed by atoms with E-state index >= 15 is 0 Å². The Labute approximate surface area is 189 Å². The first kappa shape index (κ1) is 22.8. The van der Waals surface area contributed by atoms with Crippen LogP contribution in [-0.2, 0) is 10.2 Å². The molecule has 0 aliphatic heterocycles. The molecule has 32 heavy (non-hydrogen) atoms. The summed E-state index contributed by atoms with van der Waals surface area (Å²) in [5.74, 6) is 0.297. The van der Waals surface area contributed by atoms with Crippen LogP contribution in [0.2, 0.25) is 0 Å². The van der Waals surface area contributed by atoms with Gasteiger partial charge in [-0.15, -0.1) is 0 Å². The first-order valence-corrected chi connectivity index (χ1v) is 10.4. The number of ether oxygens (including phenoxy) is 1. The van der Waals surface area contributed by atoms with Crippen LogP contribution in [0.4, 0.5) is 11.4 Å². The molecule has 3 rings (SSSR count). The van der Waals surface area contributed by atoms with E-state index in [0.717, 1.165) is 11.3 Å². The van der Waals surface area contributed by atoms with Gasteiger partial charge in [-0.3, -0.25) is 9.59 Å². The molecule has 0 saturated carbocycles. The zero-order chi connectivity index (χ0) is 23.1. The highest BCUT2D eigenvalue weighted by Crippen LogP contribution is 2.23. The van der Waals surface area contributed by atoms with E-state index in [1.54, 1.807) is 37.5 Å². The van der Waals surface area contributed by atoms with Crippen molar-refractivity contribution in [3.05, 3.63) is 95.6 Å². The fraction of sp³-hybridized carbons (Fsp3) is 0.185. The summed E-state index contributed by atoms with van der Waals surface area (Å²) < 4.78 is 5.13. The summed E-state index contributed by atoms with van der Waals surface area (Å²) in [4.78, 5) is 24.9. The van der Waals surface area contributed by atoms with Crippen molar-refractivity contribution in [3.8, 4) is 5.75 Å². The van der Waals surface area contributed by atoms with Crippen LogP contribution in [0.25, 0.3) is 6.08 Å². The van der Waals surface area contributed by atoms with Crippen LogP contribution in [0.1, 0.15) is 42.3 Å². The van der Waals surface area contributed by atoms with Gasteiger partial charge in [0.25, 0.3) is 5.91 Å². The Bertz CT molecular complexity index is 1110. The second-order valence-electron chi connectivity index (χ2n) is 8.46.